The second kappa shape index (κ2) is 36.1. The Kier molecular flexibility index (Phi) is 27.6. The molecule has 0 bridgehead atoms. The van der Waals surface area contributed by atoms with Crippen molar-refractivity contribution < 1.29 is 76.8 Å². The van der Waals surface area contributed by atoms with E-state index in [4.69, 9.17) is 29.7 Å². The number of aryl methyl sites for hydroxylation is 3. The molecule has 4 aromatic heterocycles. The van der Waals surface area contributed by atoms with Gasteiger partial charge in [-0.25, -0.2) is 4.98 Å². The summed E-state index contributed by atoms with van der Waals surface area (Å²) < 4.78 is 60.6. The molecular weight excluding hydrogens is 1350 g/mol. The molecule has 7 aromatic carbocycles. The van der Waals surface area contributed by atoms with Gasteiger partial charge in [0.25, 0.3) is 0 Å². The Balaban J connectivity index is 0.000000194. The van der Waals surface area contributed by atoms with Crippen molar-refractivity contribution in [2.24, 2.45) is 0 Å². The smallest absolute Gasteiger partial charge is 0.488 e. The summed E-state index contributed by atoms with van der Waals surface area (Å²) in [6.45, 7) is 7.66. The lowest BCUT2D eigenvalue weighted by atomic mass is 9.80. The maximum absolute atomic E-state index is 12.7. The third kappa shape index (κ3) is 23.5. The molecule has 1 unspecified atom stereocenters. The average molecular weight is 1400 g/mol. The number of hydrogen-bond donors (Lipinski definition) is 5. The molecule has 500 valence electrons. The highest BCUT2D eigenvalue weighted by atomic mass is 79.9. The Morgan fingerprint density at radius 3 is 1.22 bits per heavy atom. The van der Waals surface area contributed by atoms with Gasteiger partial charge in [0.05, 0.1) is 68.3 Å². The predicted octanol–water partition coefficient (Wildman–Crippen LogP) is 15.6. The molecule has 0 saturated carbocycles. The zero-order valence-corrected chi connectivity index (χ0v) is 53.6. The number of nitrogens with zero attached hydrogens (tertiary/aromatic N) is 7. The van der Waals surface area contributed by atoms with Gasteiger partial charge in [0.15, 0.2) is 0 Å². The molecule has 11 aromatic rings. The van der Waals surface area contributed by atoms with Gasteiger partial charge in [-0.2, -0.15) is 17.6 Å². The number of aldehydes is 2. The number of aliphatic hydroxyl groups is 1. The second-order valence-corrected chi connectivity index (χ2v) is 21.5. The number of ether oxygens (including phenoxy) is 2. The van der Waals surface area contributed by atoms with Crippen LogP contribution in [0.2, 0.25) is 0 Å². The lowest BCUT2D eigenvalue weighted by Gasteiger charge is -2.10. The van der Waals surface area contributed by atoms with Crippen LogP contribution in [0.3, 0.4) is 0 Å². The number of aromatic hydroxyl groups is 2. The van der Waals surface area contributed by atoms with E-state index >= 15 is 0 Å². The fourth-order valence-corrected chi connectivity index (χ4v) is 8.26. The van der Waals surface area contributed by atoms with Gasteiger partial charge in [-0.3, -0.25) is 54.9 Å². The number of halogens is 5. The number of hydrogen-bond acceptors (Lipinski definition) is 19. The summed E-state index contributed by atoms with van der Waals surface area (Å²) in [7, 11) is -1.73. The number of aromatic nitrogens is 4. The fraction of sp³-hybridized carbons (Fsp3) is 0.0857. The first-order valence-electron chi connectivity index (χ1n) is 28.7. The minimum absolute atomic E-state index is 0.000476. The average Bonchev–Trinajstić information content (AvgIpc) is 0.847. The zero-order chi connectivity index (χ0) is 71.6. The maximum atomic E-state index is 12.7. The highest BCUT2D eigenvalue weighted by Gasteiger charge is 2.30. The minimum atomic E-state index is -4.39. The third-order valence-corrected chi connectivity index (χ3v) is 13.7. The Hall–Kier alpha value is -12.0. The number of benzene rings is 7. The van der Waals surface area contributed by atoms with Crippen LogP contribution in [0.5, 0.6) is 34.5 Å². The van der Waals surface area contributed by atoms with Gasteiger partial charge in [0, 0.05) is 46.0 Å². The van der Waals surface area contributed by atoms with Gasteiger partial charge in [-0.1, -0.05) is 114 Å². The Morgan fingerprint density at radius 1 is 0.500 bits per heavy atom. The van der Waals surface area contributed by atoms with Gasteiger partial charge in [0.2, 0.25) is 17.3 Å². The van der Waals surface area contributed by atoms with Crippen molar-refractivity contribution in [3.63, 3.8) is 0 Å². The van der Waals surface area contributed by atoms with Crippen LogP contribution in [0.1, 0.15) is 61.6 Å². The van der Waals surface area contributed by atoms with Crippen LogP contribution in [0.15, 0.2) is 230 Å². The van der Waals surface area contributed by atoms with Crippen LogP contribution >= 0.6 is 15.9 Å². The lowest BCUT2D eigenvalue weighted by molar-refractivity contribution is -0.387. The van der Waals surface area contributed by atoms with Crippen molar-refractivity contribution in [1.82, 2.24) is 19.9 Å². The van der Waals surface area contributed by atoms with E-state index in [9.17, 15) is 62.6 Å². The van der Waals surface area contributed by atoms with Gasteiger partial charge in [-0.05, 0) is 140 Å². The molecule has 0 aliphatic heterocycles. The first-order chi connectivity index (χ1) is 46.6. The summed E-state index contributed by atoms with van der Waals surface area (Å²) in [6.07, 6.45) is 1.74. The molecule has 0 spiro atoms. The molecule has 5 N–H and O–H groups in total. The van der Waals surface area contributed by atoms with Crippen molar-refractivity contribution in [3.8, 4) is 68.3 Å². The van der Waals surface area contributed by atoms with Crippen LogP contribution in [0, 0.1) is 56.9 Å². The monoisotopic (exact) mass is 1400 g/mol. The van der Waals surface area contributed by atoms with Crippen molar-refractivity contribution in [2.45, 2.75) is 40.0 Å². The Labute approximate surface area is 565 Å². The van der Waals surface area contributed by atoms with Crippen molar-refractivity contribution >= 4 is 58.1 Å². The first-order valence-corrected chi connectivity index (χ1v) is 29.5. The summed E-state index contributed by atoms with van der Waals surface area (Å²) >= 11 is 3.12. The highest BCUT2D eigenvalue weighted by molar-refractivity contribution is 9.10. The summed E-state index contributed by atoms with van der Waals surface area (Å²) in [6, 6.07) is 52.6. The van der Waals surface area contributed by atoms with E-state index in [-0.39, 0.29) is 45.4 Å². The number of carbonyl (C=O) groups excluding carboxylic acids is 2. The van der Waals surface area contributed by atoms with Crippen LogP contribution in [0.25, 0.3) is 33.8 Å². The van der Waals surface area contributed by atoms with Crippen LogP contribution < -0.4 is 14.9 Å². The number of carbonyl (C=O) groups is 2. The zero-order valence-electron chi connectivity index (χ0n) is 52.0. The molecule has 22 nitrogen and oxygen atoms in total. The van der Waals surface area contributed by atoms with Crippen LogP contribution in [-0.2, 0) is 6.18 Å². The predicted molar refractivity (Wildman–Crippen MR) is 361 cm³/mol. The molecule has 98 heavy (non-hydrogen) atoms. The molecular formula is C70H57BBrF4N7O15. The molecule has 0 aliphatic rings. The highest BCUT2D eigenvalue weighted by Crippen LogP contribution is 2.36. The largest absolute Gasteiger partial charge is 0.506 e. The van der Waals surface area contributed by atoms with E-state index in [0.29, 0.717) is 35.2 Å². The van der Waals surface area contributed by atoms with E-state index < -0.39 is 51.2 Å². The topological polar surface area (TPSA) is 335 Å². The lowest BCUT2D eigenvalue weighted by Crippen LogP contribution is -2.29. The van der Waals surface area contributed by atoms with Gasteiger partial charge in [0.1, 0.15) is 40.2 Å². The molecule has 4 heterocycles. The molecule has 0 aliphatic carbocycles. The molecule has 11 rings (SSSR count). The van der Waals surface area contributed by atoms with Crippen molar-refractivity contribution in [3.05, 3.63) is 305 Å². The normalized spacial score (nSPS) is 10.6. The van der Waals surface area contributed by atoms with Gasteiger partial charge < -0.3 is 34.8 Å². The van der Waals surface area contributed by atoms with Crippen LogP contribution in [-0.4, -0.2) is 79.8 Å². The van der Waals surface area contributed by atoms with Gasteiger partial charge in [-0.15, -0.1) is 0 Å². The Morgan fingerprint density at radius 2 is 0.888 bits per heavy atom. The maximum Gasteiger partial charge on any atom is 0.488 e. The summed E-state index contributed by atoms with van der Waals surface area (Å²) in [5, 5.41) is 77.0. The SMILES string of the molecule is Cc1ccc(-c2ccc(O)cn2)cc1.Cc1ccc(-c2ccc(Oc3cc(C(C)O)ccc3[N+](=O)[O-])cn2)cc1.Cc1ccc(-c2ccc(Oc3cc(C=O)ccc3[N+](=O)[O-])cn2)cc1.O=Cc1ccc([N+](=O)[O-])c(F)c1.OB(O)c1ccc(C(F)(F)F)cc1.Oc1ccc(Br)nc1. The van der Waals surface area contributed by atoms with E-state index in [1.165, 1.54) is 78.4 Å². The molecule has 1 atom stereocenters. The number of nitro benzene ring substituents is 3. The number of rotatable bonds is 14. The number of aliphatic hydroxyl groups excluding tert-OH is 1. The van der Waals surface area contributed by atoms with E-state index in [0.717, 1.165) is 80.3 Å². The molecule has 0 amide bonds. The van der Waals surface area contributed by atoms with Crippen LogP contribution in [0.4, 0.5) is 34.6 Å². The van der Waals surface area contributed by atoms with E-state index in [2.05, 4.69) is 35.9 Å². The molecule has 28 heteroatoms. The molecule has 0 radical (unpaired) electrons. The molecule has 0 saturated heterocycles. The summed E-state index contributed by atoms with van der Waals surface area (Å²) in [5.41, 5.74) is 8.12. The quantitative estimate of drug-likeness (QED) is 0.0169. The third-order valence-electron chi connectivity index (χ3n) is 13.3. The summed E-state index contributed by atoms with van der Waals surface area (Å²) in [4.78, 5) is 68.0. The fourth-order valence-electron chi connectivity index (χ4n) is 8.02. The van der Waals surface area contributed by atoms with Crippen molar-refractivity contribution in [1.29, 1.82) is 0 Å². The van der Waals surface area contributed by atoms with E-state index in [1.807, 2.05) is 93.6 Å². The second-order valence-electron chi connectivity index (χ2n) is 20.6. The number of nitro groups is 3. The number of pyridine rings is 4. The van der Waals surface area contributed by atoms with Crippen molar-refractivity contribution in [2.75, 3.05) is 0 Å². The summed E-state index contributed by atoms with van der Waals surface area (Å²) in [5.74, 6) is 0.185. The Bertz CT molecular complexity index is 4390. The molecule has 0 fully saturated rings. The number of alkyl halides is 3. The standard InChI is InChI=1S/C20H18N2O4.C19H14N2O4.C12H11NO.C7H6BF3O2.C7H4FNO3.C5H4BrNO/c1-13-3-5-15(6-4-13)18-9-8-17(12-21-18)26-20-11-16(14(2)23)7-10-19(20)22(24)25;1-13-2-5-15(6-3-13)17-8-7-16(11-20-17)25-19-10-14(12-22)4-9-18(19)21(23)24;1-9-2-4-10(5-3-9)12-7-6-11(14)8-13-12;9-7(10,11)5-1-3-6(4-2-5)8(12)13;8-6-3-5(4-10)1-2-7(6)9(11)12;6-5-2-1-4(8)3-7-5/h3-12,14,23H,1-2H3;2-12H,1H3;2-8,14H,1H3;1-4,12-13H;1-4H;1-3,8H. The minimum Gasteiger partial charge on any atom is -0.506 e. The van der Waals surface area contributed by atoms with Gasteiger partial charge >= 0.3 is 30.4 Å². The van der Waals surface area contributed by atoms with E-state index in [1.54, 1.807) is 55.5 Å². The first kappa shape index (κ1) is 75.1.